The van der Waals surface area contributed by atoms with Crippen LogP contribution in [0.5, 0.6) is 5.88 Å². The van der Waals surface area contributed by atoms with Gasteiger partial charge in [-0.15, -0.1) is 0 Å². The Hall–Kier alpha value is -1.86. The lowest BCUT2D eigenvalue weighted by atomic mass is 10.4. The van der Waals surface area contributed by atoms with Gasteiger partial charge in [0, 0.05) is 12.4 Å². The van der Waals surface area contributed by atoms with Gasteiger partial charge in [-0.05, 0) is 38.1 Å². The summed E-state index contributed by atoms with van der Waals surface area (Å²) in [7, 11) is -3.79. The van der Waals surface area contributed by atoms with Crippen LogP contribution in [0.1, 0.15) is 13.8 Å². The number of ether oxygens (including phenoxy) is 1. The fourth-order valence-corrected chi connectivity index (χ4v) is 2.85. The highest BCUT2D eigenvalue weighted by Crippen LogP contribution is 2.25. The highest BCUT2D eigenvalue weighted by atomic mass is 35.5. The smallest absolute Gasteiger partial charge is 0.262 e. The summed E-state index contributed by atoms with van der Waals surface area (Å²) in [5.41, 5.74) is 0.263. The third-order valence-electron chi connectivity index (χ3n) is 2.37. The number of nitrogens with one attached hydrogen (secondary N) is 1. The zero-order chi connectivity index (χ0) is 15.5. The molecule has 0 radical (unpaired) electrons. The van der Waals surface area contributed by atoms with E-state index < -0.39 is 10.0 Å². The molecule has 0 unspecified atom stereocenters. The van der Waals surface area contributed by atoms with Crippen LogP contribution in [0.3, 0.4) is 0 Å². The van der Waals surface area contributed by atoms with Gasteiger partial charge >= 0.3 is 0 Å². The molecule has 0 aromatic carbocycles. The number of hydrogen-bond donors (Lipinski definition) is 1. The van der Waals surface area contributed by atoms with Crippen LogP contribution in [-0.2, 0) is 10.0 Å². The number of halogens is 1. The number of nitrogens with zero attached hydrogens (tertiary/aromatic N) is 2. The normalized spacial score (nSPS) is 11.4. The zero-order valence-electron chi connectivity index (χ0n) is 11.4. The Morgan fingerprint density at radius 1 is 1.24 bits per heavy atom. The molecule has 0 aliphatic rings. The average molecular weight is 328 g/mol. The number of aromatic nitrogens is 2. The molecular formula is C13H14ClN3O3S. The predicted octanol–water partition coefficient (Wildman–Crippen LogP) is 2.72. The maximum atomic E-state index is 12.3. The second-order valence-corrected chi connectivity index (χ2v) is 6.51. The number of rotatable bonds is 5. The lowest BCUT2D eigenvalue weighted by molar-refractivity contribution is 0.234. The van der Waals surface area contributed by atoms with E-state index in [1.807, 2.05) is 13.8 Å². The van der Waals surface area contributed by atoms with Gasteiger partial charge in [-0.2, -0.15) is 0 Å². The van der Waals surface area contributed by atoms with Gasteiger partial charge in [0.2, 0.25) is 5.88 Å². The molecule has 112 valence electrons. The van der Waals surface area contributed by atoms with Crippen LogP contribution in [0.15, 0.2) is 41.6 Å². The molecule has 0 aliphatic heterocycles. The Morgan fingerprint density at radius 2 is 2.00 bits per heavy atom. The molecule has 0 aliphatic carbocycles. The lowest BCUT2D eigenvalue weighted by Gasteiger charge is -2.14. The summed E-state index contributed by atoms with van der Waals surface area (Å²) in [5, 5.41) is 0.0997. The van der Waals surface area contributed by atoms with Crippen molar-refractivity contribution in [1.29, 1.82) is 0 Å². The van der Waals surface area contributed by atoms with E-state index in [9.17, 15) is 8.42 Å². The van der Waals surface area contributed by atoms with Gasteiger partial charge in [0.1, 0.15) is 10.8 Å². The van der Waals surface area contributed by atoms with Crippen molar-refractivity contribution in [3.05, 3.63) is 41.8 Å². The van der Waals surface area contributed by atoms with Gasteiger partial charge in [0.25, 0.3) is 10.0 Å². The molecule has 2 aromatic heterocycles. The Morgan fingerprint density at radius 3 is 2.67 bits per heavy atom. The molecule has 0 saturated heterocycles. The van der Waals surface area contributed by atoms with E-state index in [0.717, 1.165) is 0 Å². The van der Waals surface area contributed by atoms with Crippen molar-refractivity contribution in [2.24, 2.45) is 0 Å². The third-order valence-corrected chi connectivity index (χ3v) is 3.94. The van der Waals surface area contributed by atoms with Gasteiger partial charge in [0.05, 0.1) is 11.0 Å². The Labute approximate surface area is 128 Å². The van der Waals surface area contributed by atoms with Crippen LogP contribution >= 0.6 is 11.6 Å². The van der Waals surface area contributed by atoms with Gasteiger partial charge in [0.15, 0.2) is 0 Å². The van der Waals surface area contributed by atoms with Crippen molar-refractivity contribution in [2.45, 2.75) is 24.8 Å². The van der Waals surface area contributed by atoms with Gasteiger partial charge in [-0.3, -0.25) is 4.72 Å². The van der Waals surface area contributed by atoms with E-state index in [-0.39, 0.29) is 27.7 Å². The summed E-state index contributed by atoms with van der Waals surface area (Å²) < 4.78 is 32.5. The standard InChI is InChI=1S/C13H14ClN3O3S/c1-9(2)20-13-11(4-3-6-16-13)17-21(18,19)10-5-7-15-12(14)8-10/h3-9,17H,1-2H3. The molecule has 0 atom stereocenters. The molecule has 0 fully saturated rings. The molecule has 6 nitrogen and oxygen atoms in total. The minimum Gasteiger partial charge on any atom is -0.473 e. The van der Waals surface area contributed by atoms with Crippen molar-refractivity contribution in [3.8, 4) is 5.88 Å². The lowest BCUT2D eigenvalue weighted by Crippen LogP contribution is -2.16. The van der Waals surface area contributed by atoms with E-state index in [2.05, 4.69) is 14.7 Å². The summed E-state index contributed by atoms with van der Waals surface area (Å²) in [6, 6.07) is 5.81. The molecule has 0 saturated carbocycles. The van der Waals surface area contributed by atoms with Crippen molar-refractivity contribution >= 4 is 27.3 Å². The van der Waals surface area contributed by atoms with Crippen LogP contribution in [-0.4, -0.2) is 24.5 Å². The van der Waals surface area contributed by atoms with Crippen molar-refractivity contribution in [3.63, 3.8) is 0 Å². The maximum absolute atomic E-state index is 12.3. The van der Waals surface area contributed by atoms with E-state index in [4.69, 9.17) is 16.3 Å². The minimum absolute atomic E-state index is 0.0156. The fourth-order valence-electron chi connectivity index (χ4n) is 1.54. The van der Waals surface area contributed by atoms with Crippen molar-refractivity contribution in [2.75, 3.05) is 4.72 Å². The summed E-state index contributed by atoms with van der Waals surface area (Å²) in [6.07, 6.45) is 2.73. The molecule has 0 spiro atoms. The molecular weight excluding hydrogens is 314 g/mol. The molecule has 1 N–H and O–H groups in total. The number of pyridine rings is 2. The van der Waals surface area contributed by atoms with Gasteiger partial charge < -0.3 is 4.74 Å². The third kappa shape index (κ3) is 4.05. The first-order valence-corrected chi connectivity index (χ1v) is 8.00. The summed E-state index contributed by atoms with van der Waals surface area (Å²) >= 11 is 5.71. The molecule has 8 heteroatoms. The molecule has 2 heterocycles. The second kappa shape index (κ2) is 6.28. The molecule has 2 aromatic rings. The van der Waals surface area contributed by atoms with Crippen LogP contribution < -0.4 is 9.46 Å². The number of hydrogen-bond acceptors (Lipinski definition) is 5. The summed E-state index contributed by atoms with van der Waals surface area (Å²) in [6.45, 7) is 3.66. The zero-order valence-corrected chi connectivity index (χ0v) is 13.0. The first-order valence-electron chi connectivity index (χ1n) is 6.14. The molecule has 0 amide bonds. The van der Waals surface area contributed by atoms with Crippen LogP contribution in [0.4, 0.5) is 5.69 Å². The quantitative estimate of drug-likeness (QED) is 0.854. The molecule has 21 heavy (non-hydrogen) atoms. The summed E-state index contributed by atoms with van der Waals surface area (Å²) in [4.78, 5) is 7.80. The Bertz CT molecular complexity index is 735. The minimum atomic E-state index is -3.79. The van der Waals surface area contributed by atoms with Gasteiger partial charge in [-0.25, -0.2) is 18.4 Å². The molecule has 2 rings (SSSR count). The van der Waals surface area contributed by atoms with E-state index >= 15 is 0 Å². The van der Waals surface area contributed by atoms with Crippen molar-refractivity contribution in [1.82, 2.24) is 9.97 Å². The number of anilines is 1. The Balaban J connectivity index is 2.33. The molecule has 0 bridgehead atoms. The first kappa shape index (κ1) is 15.5. The SMILES string of the molecule is CC(C)Oc1ncccc1NS(=O)(=O)c1ccnc(Cl)c1. The van der Waals surface area contributed by atoms with E-state index in [1.165, 1.54) is 24.5 Å². The highest BCUT2D eigenvalue weighted by Gasteiger charge is 2.18. The van der Waals surface area contributed by atoms with Gasteiger partial charge in [-0.1, -0.05) is 11.6 Å². The maximum Gasteiger partial charge on any atom is 0.262 e. The Kier molecular flexibility index (Phi) is 4.64. The number of sulfonamides is 1. The fraction of sp³-hybridized carbons (Fsp3) is 0.231. The van der Waals surface area contributed by atoms with E-state index in [1.54, 1.807) is 12.1 Å². The second-order valence-electron chi connectivity index (χ2n) is 4.44. The van der Waals surface area contributed by atoms with Crippen LogP contribution in [0.2, 0.25) is 5.15 Å². The van der Waals surface area contributed by atoms with Crippen LogP contribution in [0.25, 0.3) is 0 Å². The largest absolute Gasteiger partial charge is 0.473 e. The average Bonchev–Trinajstić information content (AvgIpc) is 2.40. The highest BCUT2D eigenvalue weighted by molar-refractivity contribution is 7.92. The van der Waals surface area contributed by atoms with Crippen LogP contribution in [0, 0.1) is 0 Å². The summed E-state index contributed by atoms with van der Waals surface area (Å²) in [5.74, 6) is 0.219. The first-order chi connectivity index (χ1) is 9.88. The monoisotopic (exact) mass is 327 g/mol. The predicted molar refractivity (Wildman–Crippen MR) is 80.1 cm³/mol. The van der Waals surface area contributed by atoms with Crippen molar-refractivity contribution < 1.29 is 13.2 Å². The topological polar surface area (TPSA) is 81.2 Å². The van der Waals surface area contributed by atoms with E-state index in [0.29, 0.717) is 0 Å².